The predicted molar refractivity (Wildman–Crippen MR) is 123 cm³/mol. The maximum Gasteiger partial charge on any atom is 0.196 e. The van der Waals surface area contributed by atoms with Crippen LogP contribution in [0, 0.1) is 13.8 Å². The lowest BCUT2D eigenvalue weighted by Gasteiger charge is -2.11. The van der Waals surface area contributed by atoms with Crippen molar-refractivity contribution in [1.82, 2.24) is 4.98 Å². The smallest absolute Gasteiger partial charge is 0.196 e. The molecule has 3 nitrogen and oxygen atoms in total. The Bertz CT molecular complexity index is 1180. The molecule has 0 bridgehead atoms. The number of nitrogens with zero attached hydrogens (tertiary/aromatic N) is 1. The lowest BCUT2D eigenvalue weighted by molar-refractivity contribution is 0.103. The molecule has 0 N–H and O–H groups in total. The minimum atomic E-state index is -0.0927. The standard InChI is InChI=1S/C25H20ClNO2S/c1-16-3-6-18(7-4-16)22-15-30-24(27-22)14-29-23-12-5-17(2)13-21(23)25(28)19-8-10-20(26)11-9-19/h3-13,15H,14H2,1-2H3. The van der Waals surface area contributed by atoms with Crippen molar-refractivity contribution in [1.29, 1.82) is 0 Å². The van der Waals surface area contributed by atoms with E-state index in [-0.39, 0.29) is 5.78 Å². The molecule has 0 saturated heterocycles. The van der Waals surface area contributed by atoms with E-state index in [0.717, 1.165) is 21.8 Å². The van der Waals surface area contributed by atoms with E-state index in [4.69, 9.17) is 16.3 Å². The van der Waals surface area contributed by atoms with Gasteiger partial charge in [0.2, 0.25) is 0 Å². The topological polar surface area (TPSA) is 39.2 Å². The van der Waals surface area contributed by atoms with E-state index in [1.165, 1.54) is 5.56 Å². The SMILES string of the molecule is Cc1ccc(-c2csc(COc3ccc(C)cc3C(=O)c3ccc(Cl)cc3)n2)cc1. The van der Waals surface area contributed by atoms with Crippen LogP contribution in [0.5, 0.6) is 5.75 Å². The molecule has 1 heterocycles. The van der Waals surface area contributed by atoms with E-state index in [1.54, 1.807) is 35.6 Å². The van der Waals surface area contributed by atoms with E-state index in [9.17, 15) is 4.79 Å². The van der Waals surface area contributed by atoms with E-state index in [2.05, 4.69) is 36.2 Å². The molecule has 150 valence electrons. The van der Waals surface area contributed by atoms with Gasteiger partial charge in [0, 0.05) is 21.5 Å². The highest BCUT2D eigenvalue weighted by Crippen LogP contribution is 2.27. The zero-order valence-electron chi connectivity index (χ0n) is 16.7. The number of carbonyl (C=O) groups is 1. The summed E-state index contributed by atoms with van der Waals surface area (Å²) >= 11 is 7.50. The van der Waals surface area contributed by atoms with E-state index >= 15 is 0 Å². The molecule has 0 unspecified atom stereocenters. The summed E-state index contributed by atoms with van der Waals surface area (Å²) in [7, 11) is 0. The first-order valence-corrected chi connectivity index (χ1v) is 10.8. The Morgan fingerprint density at radius 3 is 2.40 bits per heavy atom. The minimum absolute atomic E-state index is 0.0927. The molecule has 0 atom stereocenters. The van der Waals surface area contributed by atoms with Crippen LogP contribution in [0.4, 0.5) is 0 Å². The molecule has 0 saturated carbocycles. The number of ether oxygens (including phenoxy) is 1. The van der Waals surface area contributed by atoms with Crippen LogP contribution in [0.3, 0.4) is 0 Å². The average Bonchev–Trinajstić information content (AvgIpc) is 3.22. The number of thiazole rings is 1. The third-order valence-corrected chi connectivity index (χ3v) is 5.81. The largest absolute Gasteiger partial charge is 0.486 e. The van der Waals surface area contributed by atoms with Crippen LogP contribution in [0.15, 0.2) is 72.1 Å². The molecule has 0 aliphatic carbocycles. The zero-order chi connectivity index (χ0) is 21.1. The Morgan fingerprint density at radius 2 is 1.67 bits per heavy atom. The Labute approximate surface area is 185 Å². The molecule has 5 heteroatoms. The van der Waals surface area contributed by atoms with Crippen LogP contribution in [-0.2, 0) is 6.61 Å². The summed E-state index contributed by atoms with van der Waals surface area (Å²) in [6.07, 6.45) is 0. The number of aryl methyl sites for hydroxylation is 2. The molecule has 0 spiro atoms. The Kier molecular flexibility index (Phi) is 5.98. The van der Waals surface area contributed by atoms with Crippen molar-refractivity contribution in [2.75, 3.05) is 0 Å². The Morgan fingerprint density at radius 1 is 0.967 bits per heavy atom. The number of ketones is 1. The van der Waals surface area contributed by atoms with Crippen molar-refractivity contribution < 1.29 is 9.53 Å². The highest BCUT2D eigenvalue weighted by Gasteiger charge is 2.16. The first-order valence-electron chi connectivity index (χ1n) is 9.55. The summed E-state index contributed by atoms with van der Waals surface area (Å²) in [4.78, 5) is 17.7. The third-order valence-electron chi connectivity index (χ3n) is 4.74. The van der Waals surface area contributed by atoms with Gasteiger partial charge in [-0.1, -0.05) is 53.1 Å². The molecule has 4 rings (SSSR count). The summed E-state index contributed by atoms with van der Waals surface area (Å²) in [6.45, 7) is 4.33. The predicted octanol–water partition coefficient (Wildman–Crippen LogP) is 6.89. The summed E-state index contributed by atoms with van der Waals surface area (Å²) in [5, 5.41) is 3.48. The second-order valence-corrected chi connectivity index (χ2v) is 8.50. The summed E-state index contributed by atoms with van der Waals surface area (Å²) in [5.74, 6) is 0.456. The van der Waals surface area contributed by atoms with Gasteiger partial charge in [0.15, 0.2) is 5.78 Å². The quantitative estimate of drug-likeness (QED) is 0.311. The average molecular weight is 434 g/mol. The highest BCUT2D eigenvalue weighted by molar-refractivity contribution is 7.09. The number of aromatic nitrogens is 1. The molecule has 0 aliphatic rings. The maximum atomic E-state index is 13.0. The number of halogens is 1. The highest BCUT2D eigenvalue weighted by atomic mass is 35.5. The number of carbonyl (C=O) groups excluding carboxylic acids is 1. The molecule has 4 aromatic rings. The monoisotopic (exact) mass is 433 g/mol. The van der Waals surface area contributed by atoms with Crippen molar-refractivity contribution in [3.05, 3.63) is 104 Å². The van der Waals surface area contributed by atoms with Crippen LogP contribution in [-0.4, -0.2) is 10.8 Å². The molecular formula is C25H20ClNO2S. The van der Waals surface area contributed by atoms with Crippen molar-refractivity contribution in [2.24, 2.45) is 0 Å². The first-order chi connectivity index (χ1) is 14.5. The number of benzene rings is 3. The fraction of sp³-hybridized carbons (Fsp3) is 0.120. The van der Waals surface area contributed by atoms with Crippen LogP contribution < -0.4 is 4.74 Å². The molecule has 1 aromatic heterocycles. The molecule has 0 radical (unpaired) electrons. The van der Waals surface area contributed by atoms with Gasteiger partial charge in [0.25, 0.3) is 0 Å². The lowest BCUT2D eigenvalue weighted by Crippen LogP contribution is -2.06. The molecule has 3 aromatic carbocycles. The molecule has 0 fully saturated rings. The van der Waals surface area contributed by atoms with Crippen LogP contribution >= 0.6 is 22.9 Å². The van der Waals surface area contributed by atoms with Crippen LogP contribution in [0.25, 0.3) is 11.3 Å². The van der Waals surface area contributed by atoms with Gasteiger partial charge in [0.05, 0.1) is 11.3 Å². The van der Waals surface area contributed by atoms with Crippen molar-refractivity contribution in [3.8, 4) is 17.0 Å². The van der Waals surface area contributed by atoms with E-state index in [0.29, 0.717) is 28.5 Å². The second-order valence-electron chi connectivity index (χ2n) is 7.12. The zero-order valence-corrected chi connectivity index (χ0v) is 18.3. The molecule has 30 heavy (non-hydrogen) atoms. The van der Waals surface area contributed by atoms with Crippen LogP contribution in [0.2, 0.25) is 5.02 Å². The Balaban J connectivity index is 1.53. The lowest BCUT2D eigenvalue weighted by atomic mass is 10.0. The van der Waals surface area contributed by atoms with Gasteiger partial charge in [-0.15, -0.1) is 11.3 Å². The Hall–Kier alpha value is -2.95. The number of rotatable bonds is 6. The summed E-state index contributed by atoms with van der Waals surface area (Å²) in [6, 6.07) is 20.8. The van der Waals surface area contributed by atoms with Gasteiger partial charge < -0.3 is 4.74 Å². The normalized spacial score (nSPS) is 10.8. The molecule has 0 amide bonds. The maximum absolute atomic E-state index is 13.0. The summed E-state index contributed by atoms with van der Waals surface area (Å²) < 4.78 is 6.01. The minimum Gasteiger partial charge on any atom is -0.486 e. The number of hydrogen-bond acceptors (Lipinski definition) is 4. The van der Waals surface area contributed by atoms with Crippen molar-refractivity contribution >= 4 is 28.7 Å². The van der Waals surface area contributed by atoms with E-state index < -0.39 is 0 Å². The van der Waals surface area contributed by atoms with Gasteiger partial charge >= 0.3 is 0 Å². The fourth-order valence-electron chi connectivity index (χ4n) is 3.08. The molecular weight excluding hydrogens is 414 g/mol. The van der Waals surface area contributed by atoms with Gasteiger partial charge in [-0.05, 0) is 50.2 Å². The summed E-state index contributed by atoms with van der Waals surface area (Å²) in [5.41, 5.74) is 5.33. The van der Waals surface area contributed by atoms with Crippen LogP contribution in [0.1, 0.15) is 32.1 Å². The fourth-order valence-corrected chi connectivity index (χ4v) is 3.92. The van der Waals surface area contributed by atoms with Crippen molar-refractivity contribution in [2.45, 2.75) is 20.5 Å². The third kappa shape index (κ3) is 4.61. The van der Waals surface area contributed by atoms with Crippen molar-refractivity contribution in [3.63, 3.8) is 0 Å². The number of hydrogen-bond donors (Lipinski definition) is 0. The van der Waals surface area contributed by atoms with Gasteiger partial charge in [0.1, 0.15) is 17.4 Å². The van der Waals surface area contributed by atoms with Gasteiger partial charge in [-0.3, -0.25) is 4.79 Å². The first kappa shape index (κ1) is 20.3. The molecule has 0 aliphatic heterocycles. The van der Waals surface area contributed by atoms with Gasteiger partial charge in [-0.25, -0.2) is 4.98 Å². The van der Waals surface area contributed by atoms with E-state index in [1.807, 2.05) is 30.5 Å². The van der Waals surface area contributed by atoms with Gasteiger partial charge in [-0.2, -0.15) is 0 Å². The second kappa shape index (κ2) is 8.82.